The van der Waals surface area contributed by atoms with Crippen molar-refractivity contribution >= 4 is 22.2 Å². The van der Waals surface area contributed by atoms with Crippen molar-refractivity contribution in [1.82, 2.24) is 9.71 Å². The van der Waals surface area contributed by atoms with Crippen LogP contribution in [-0.4, -0.2) is 30.7 Å². The van der Waals surface area contributed by atoms with Crippen LogP contribution in [0, 0.1) is 5.82 Å². The number of hydrogen-bond donors (Lipinski definition) is 2. The highest BCUT2D eigenvalue weighted by Crippen LogP contribution is 2.25. The molecule has 25 heavy (non-hydrogen) atoms. The van der Waals surface area contributed by atoms with E-state index in [1.807, 2.05) is 4.72 Å². The number of aromatic nitrogens is 1. The number of amides is 1. The summed E-state index contributed by atoms with van der Waals surface area (Å²) < 4.78 is 40.1. The van der Waals surface area contributed by atoms with Crippen molar-refractivity contribution in [2.75, 3.05) is 0 Å². The van der Waals surface area contributed by atoms with Crippen LogP contribution < -0.4 is 4.72 Å². The fraction of sp³-hybridized carbons (Fsp3) is 0.188. The Bertz CT molecular complexity index is 868. The predicted molar refractivity (Wildman–Crippen MR) is 86.4 cm³/mol. The van der Waals surface area contributed by atoms with E-state index in [1.165, 1.54) is 24.3 Å². The first-order chi connectivity index (χ1) is 11.9. The Morgan fingerprint density at radius 1 is 1.32 bits per heavy atom. The van der Waals surface area contributed by atoms with Crippen molar-refractivity contribution in [2.24, 2.45) is 0 Å². The van der Waals surface area contributed by atoms with Crippen molar-refractivity contribution in [3.8, 4) is 0 Å². The normalized spacial score (nSPS) is 12.4. The van der Waals surface area contributed by atoms with Gasteiger partial charge in [-0.25, -0.2) is 17.5 Å². The van der Waals surface area contributed by atoms with Crippen LogP contribution in [0.2, 0.25) is 0 Å². The number of halogens is 1. The van der Waals surface area contributed by atoms with Crippen molar-refractivity contribution in [1.29, 1.82) is 0 Å². The molecule has 2 rings (SSSR count). The molecule has 0 aliphatic rings. The van der Waals surface area contributed by atoms with Crippen LogP contribution in [0.5, 0.6) is 0 Å². The highest BCUT2D eigenvalue weighted by molar-refractivity contribution is 7.90. The third-order valence-corrected chi connectivity index (χ3v) is 5.07. The Morgan fingerprint density at radius 3 is 2.64 bits per heavy atom. The molecule has 0 aliphatic carbocycles. The van der Waals surface area contributed by atoms with Gasteiger partial charge >= 0.3 is 0 Å². The highest BCUT2D eigenvalue weighted by Gasteiger charge is 2.29. The number of nitrogens with zero attached hydrogens (tertiary/aromatic N) is 1. The third-order valence-electron chi connectivity index (χ3n) is 3.39. The van der Waals surface area contributed by atoms with Crippen molar-refractivity contribution in [2.45, 2.75) is 18.3 Å². The maximum atomic E-state index is 13.4. The molecule has 1 unspecified atom stereocenters. The summed E-state index contributed by atoms with van der Waals surface area (Å²) in [6.07, 6.45) is 1.07. The molecule has 1 aromatic heterocycles. The van der Waals surface area contributed by atoms with Gasteiger partial charge in [-0.2, -0.15) is 0 Å². The summed E-state index contributed by atoms with van der Waals surface area (Å²) in [6.45, 7) is -0.318. The summed E-state index contributed by atoms with van der Waals surface area (Å²) in [7, 11) is -4.29. The number of aldehydes is 1. The molecule has 2 N–H and O–H groups in total. The molecule has 1 heterocycles. The van der Waals surface area contributed by atoms with E-state index in [9.17, 15) is 22.4 Å². The number of rotatable bonds is 7. The maximum Gasteiger partial charge on any atom is 0.266 e. The first-order valence-corrected chi connectivity index (χ1v) is 8.73. The van der Waals surface area contributed by atoms with E-state index in [-0.39, 0.29) is 17.7 Å². The number of carbonyl (C=O) groups excluding carboxylic acids is 2. The Morgan fingerprint density at radius 2 is 2.08 bits per heavy atom. The lowest BCUT2D eigenvalue weighted by Gasteiger charge is -2.16. The molecule has 7 nitrogen and oxygen atoms in total. The third kappa shape index (κ3) is 4.68. The van der Waals surface area contributed by atoms with Gasteiger partial charge in [-0.3, -0.25) is 9.78 Å². The van der Waals surface area contributed by atoms with Gasteiger partial charge in [0, 0.05) is 12.6 Å². The zero-order chi connectivity index (χ0) is 18.4. The summed E-state index contributed by atoms with van der Waals surface area (Å²) >= 11 is 0. The van der Waals surface area contributed by atoms with Crippen LogP contribution in [-0.2, 0) is 21.4 Å². The molecular weight excluding hydrogens is 351 g/mol. The topological polar surface area (TPSA) is 113 Å². The molecule has 1 aromatic carbocycles. The van der Waals surface area contributed by atoms with E-state index < -0.39 is 33.4 Å². The number of pyridine rings is 1. The van der Waals surface area contributed by atoms with E-state index in [2.05, 4.69) is 4.98 Å². The van der Waals surface area contributed by atoms with Gasteiger partial charge in [0.15, 0.2) is 0 Å². The van der Waals surface area contributed by atoms with Crippen molar-refractivity contribution in [3.63, 3.8) is 0 Å². The standard InChI is InChI=1S/C16H15FN2O5S/c17-13-3-1-2-11(8-13)15(6-7-20)25(23,24)19-16(22)12-4-5-14(10-21)18-9-12/h1-5,7-9,15,21H,6,10H2,(H,19,22). The summed E-state index contributed by atoms with van der Waals surface area (Å²) in [5.74, 6) is -1.59. The van der Waals surface area contributed by atoms with E-state index >= 15 is 0 Å². The van der Waals surface area contributed by atoms with Crippen LogP contribution in [0.3, 0.4) is 0 Å². The van der Waals surface area contributed by atoms with E-state index in [0.29, 0.717) is 12.0 Å². The fourth-order valence-corrected chi connectivity index (χ4v) is 3.50. The lowest BCUT2D eigenvalue weighted by Crippen LogP contribution is -2.34. The van der Waals surface area contributed by atoms with Crippen LogP contribution in [0.1, 0.15) is 33.3 Å². The SMILES string of the molecule is O=CCC(c1cccc(F)c1)S(=O)(=O)NC(=O)c1ccc(CO)nc1. The van der Waals surface area contributed by atoms with Crippen molar-refractivity contribution in [3.05, 3.63) is 65.2 Å². The number of sulfonamides is 1. The zero-order valence-electron chi connectivity index (χ0n) is 12.9. The van der Waals surface area contributed by atoms with Crippen LogP contribution in [0.15, 0.2) is 42.6 Å². The summed E-state index contributed by atoms with van der Waals surface area (Å²) in [4.78, 5) is 26.7. The van der Waals surface area contributed by atoms with Crippen LogP contribution >= 0.6 is 0 Å². The molecule has 1 amide bonds. The number of aliphatic hydroxyl groups is 1. The average molecular weight is 366 g/mol. The van der Waals surface area contributed by atoms with Crippen LogP contribution in [0.4, 0.5) is 4.39 Å². The molecule has 0 saturated carbocycles. The second kappa shape index (κ2) is 7.95. The first-order valence-electron chi connectivity index (χ1n) is 7.18. The molecule has 132 valence electrons. The minimum atomic E-state index is -4.29. The van der Waals surface area contributed by atoms with Gasteiger partial charge in [0.25, 0.3) is 5.91 Å². The van der Waals surface area contributed by atoms with E-state index in [1.54, 1.807) is 0 Å². The van der Waals surface area contributed by atoms with Gasteiger partial charge < -0.3 is 9.90 Å². The summed E-state index contributed by atoms with van der Waals surface area (Å²) in [6, 6.07) is 7.49. The molecule has 0 fully saturated rings. The lowest BCUT2D eigenvalue weighted by atomic mass is 10.1. The second-order valence-electron chi connectivity index (χ2n) is 5.12. The molecule has 0 saturated heterocycles. The zero-order valence-corrected chi connectivity index (χ0v) is 13.7. The Hall–Kier alpha value is -2.65. The minimum Gasteiger partial charge on any atom is -0.390 e. The largest absolute Gasteiger partial charge is 0.390 e. The van der Waals surface area contributed by atoms with E-state index in [4.69, 9.17) is 5.11 Å². The van der Waals surface area contributed by atoms with E-state index in [0.717, 1.165) is 18.3 Å². The summed E-state index contributed by atoms with van der Waals surface area (Å²) in [5, 5.41) is 7.50. The van der Waals surface area contributed by atoms with Gasteiger partial charge in [0.1, 0.15) is 17.4 Å². The van der Waals surface area contributed by atoms with Gasteiger partial charge in [0.05, 0.1) is 17.9 Å². The number of nitrogens with one attached hydrogen (secondary N) is 1. The first kappa shape index (κ1) is 18.7. The number of aliphatic hydroxyl groups excluding tert-OH is 1. The molecular formula is C16H15FN2O5S. The Balaban J connectivity index is 2.27. The number of benzene rings is 1. The lowest BCUT2D eigenvalue weighted by molar-refractivity contribution is -0.107. The van der Waals surface area contributed by atoms with Gasteiger partial charge in [-0.05, 0) is 29.8 Å². The number of carbonyl (C=O) groups is 2. The van der Waals surface area contributed by atoms with Gasteiger partial charge in [-0.1, -0.05) is 12.1 Å². The molecule has 1 atom stereocenters. The smallest absolute Gasteiger partial charge is 0.266 e. The molecule has 0 spiro atoms. The monoisotopic (exact) mass is 366 g/mol. The van der Waals surface area contributed by atoms with Gasteiger partial charge in [0.2, 0.25) is 10.0 Å². The minimum absolute atomic E-state index is 0.0372. The van der Waals surface area contributed by atoms with Gasteiger partial charge in [-0.15, -0.1) is 0 Å². The van der Waals surface area contributed by atoms with Crippen molar-refractivity contribution < 1.29 is 27.5 Å². The number of hydrogen-bond acceptors (Lipinski definition) is 6. The highest BCUT2D eigenvalue weighted by atomic mass is 32.2. The molecule has 2 aromatic rings. The maximum absolute atomic E-state index is 13.4. The second-order valence-corrected chi connectivity index (χ2v) is 6.98. The Labute approximate surface area is 143 Å². The van der Waals surface area contributed by atoms with Crippen LogP contribution in [0.25, 0.3) is 0 Å². The fourth-order valence-electron chi connectivity index (χ4n) is 2.15. The molecule has 0 radical (unpaired) electrons. The Kier molecular flexibility index (Phi) is 5.94. The molecule has 9 heteroatoms. The molecule has 0 bridgehead atoms. The quantitative estimate of drug-likeness (QED) is 0.710. The molecule has 0 aliphatic heterocycles. The average Bonchev–Trinajstić information content (AvgIpc) is 2.59. The predicted octanol–water partition coefficient (Wildman–Crippen LogP) is 1.10. The summed E-state index contributed by atoms with van der Waals surface area (Å²) in [5.41, 5.74) is 0.337.